The van der Waals surface area contributed by atoms with E-state index in [1.54, 1.807) is 48.2 Å². The number of rotatable bonds is 10. The van der Waals surface area contributed by atoms with Crippen molar-refractivity contribution in [2.45, 2.75) is 36.9 Å². The molecule has 0 heterocycles. The molecule has 0 spiro atoms. The molecule has 0 fully saturated rings. The molecule has 0 bridgehead atoms. The lowest BCUT2D eigenvalue weighted by molar-refractivity contribution is -0.138. The van der Waals surface area contributed by atoms with Crippen LogP contribution in [0.1, 0.15) is 24.5 Å². The molecule has 1 N–H and O–H groups in total. The van der Waals surface area contributed by atoms with Crippen LogP contribution in [0.4, 0.5) is 13.2 Å². The van der Waals surface area contributed by atoms with Gasteiger partial charge in [-0.1, -0.05) is 30.3 Å². The van der Waals surface area contributed by atoms with Crippen LogP contribution in [0.15, 0.2) is 77.7 Å². The number of benzene rings is 3. The van der Waals surface area contributed by atoms with Gasteiger partial charge in [0.2, 0.25) is 0 Å². The molecule has 0 saturated heterocycles. The molecule has 0 aliphatic carbocycles. The summed E-state index contributed by atoms with van der Waals surface area (Å²) in [6.45, 7) is 1.84. The first-order valence-corrected chi connectivity index (χ1v) is 11.2. The Labute approximate surface area is 194 Å². The molecule has 0 aliphatic heterocycles. The summed E-state index contributed by atoms with van der Waals surface area (Å²) in [6, 6.07) is 19.1. The van der Waals surface area contributed by atoms with Crippen LogP contribution >= 0.6 is 11.8 Å². The van der Waals surface area contributed by atoms with Crippen LogP contribution in [-0.4, -0.2) is 22.9 Å². The molecule has 0 unspecified atom stereocenters. The minimum absolute atomic E-state index is 0.00287. The van der Waals surface area contributed by atoms with Gasteiger partial charge in [0.25, 0.3) is 0 Å². The van der Waals surface area contributed by atoms with Gasteiger partial charge in [-0.2, -0.15) is 13.2 Å². The number of halogens is 3. The molecule has 3 aromatic carbocycles. The summed E-state index contributed by atoms with van der Waals surface area (Å²) in [7, 11) is 0. The zero-order valence-electron chi connectivity index (χ0n) is 17.8. The Kier molecular flexibility index (Phi) is 8.27. The Balaban J connectivity index is 1.64. The highest BCUT2D eigenvalue weighted by Gasteiger charge is 2.31. The molecule has 3 aromatic rings. The van der Waals surface area contributed by atoms with Gasteiger partial charge in [0, 0.05) is 10.6 Å². The molecule has 0 saturated carbocycles. The van der Waals surface area contributed by atoms with E-state index in [1.807, 2.05) is 25.1 Å². The number of carbonyl (C=O) groups is 1. The molecule has 0 aliphatic rings. The average Bonchev–Trinajstić information content (AvgIpc) is 2.75. The van der Waals surface area contributed by atoms with E-state index in [-0.39, 0.29) is 24.0 Å². The number of ether oxygens (including phenoxy) is 2. The first kappa shape index (κ1) is 24.5. The molecule has 174 valence electrons. The van der Waals surface area contributed by atoms with Gasteiger partial charge in [0.05, 0.1) is 18.1 Å². The third kappa shape index (κ3) is 7.75. The smallest absolute Gasteiger partial charge is 0.416 e. The summed E-state index contributed by atoms with van der Waals surface area (Å²) in [5.74, 6) is 0.438. The van der Waals surface area contributed by atoms with Crippen LogP contribution in [0.5, 0.6) is 17.2 Å². The van der Waals surface area contributed by atoms with E-state index in [9.17, 15) is 18.0 Å². The summed E-state index contributed by atoms with van der Waals surface area (Å²) in [4.78, 5) is 11.8. The molecule has 4 nitrogen and oxygen atoms in total. The first-order valence-electron chi connectivity index (χ1n) is 10.2. The Bertz CT molecular complexity index is 1070. The maximum Gasteiger partial charge on any atom is 0.416 e. The number of carboxylic acid groups (broad SMARTS) is 1. The van der Waals surface area contributed by atoms with Crippen LogP contribution in [0.3, 0.4) is 0 Å². The van der Waals surface area contributed by atoms with E-state index in [2.05, 4.69) is 0 Å². The fourth-order valence-electron chi connectivity index (χ4n) is 3.02. The van der Waals surface area contributed by atoms with Crippen LogP contribution < -0.4 is 9.47 Å². The van der Waals surface area contributed by atoms with Crippen molar-refractivity contribution < 1.29 is 32.5 Å². The van der Waals surface area contributed by atoms with E-state index in [0.717, 1.165) is 22.6 Å². The summed E-state index contributed by atoms with van der Waals surface area (Å²) < 4.78 is 51.2. The van der Waals surface area contributed by atoms with E-state index < -0.39 is 17.7 Å². The van der Waals surface area contributed by atoms with Crippen molar-refractivity contribution in [1.29, 1.82) is 0 Å². The fourth-order valence-corrected chi connectivity index (χ4v) is 4.11. The third-order valence-electron chi connectivity index (χ3n) is 4.62. The highest BCUT2D eigenvalue weighted by Crippen LogP contribution is 2.39. The minimum Gasteiger partial charge on any atom is -0.487 e. The van der Waals surface area contributed by atoms with Crippen molar-refractivity contribution >= 4 is 17.7 Å². The molecule has 0 aromatic heterocycles. The number of hydrogen-bond acceptors (Lipinski definition) is 4. The van der Waals surface area contributed by atoms with E-state index >= 15 is 0 Å². The summed E-state index contributed by atoms with van der Waals surface area (Å²) >= 11 is 1.56. The van der Waals surface area contributed by atoms with Gasteiger partial charge in [-0.15, -0.1) is 11.8 Å². The number of thioether (sulfide) groups is 1. The van der Waals surface area contributed by atoms with Crippen molar-refractivity contribution in [3.8, 4) is 17.2 Å². The number of aliphatic carboxylic acids is 1. The average molecular weight is 477 g/mol. The van der Waals surface area contributed by atoms with E-state index in [1.165, 1.54) is 6.07 Å². The molecule has 8 heteroatoms. The zero-order valence-corrected chi connectivity index (χ0v) is 18.7. The van der Waals surface area contributed by atoms with Crippen molar-refractivity contribution in [2.24, 2.45) is 0 Å². The quantitative estimate of drug-likeness (QED) is 0.317. The molecule has 3 rings (SSSR count). The van der Waals surface area contributed by atoms with Crippen LogP contribution in [-0.2, 0) is 17.4 Å². The molecule has 33 heavy (non-hydrogen) atoms. The second kappa shape index (κ2) is 11.1. The fraction of sp³-hybridized carbons (Fsp3) is 0.240. The van der Waals surface area contributed by atoms with Gasteiger partial charge in [-0.3, -0.25) is 4.79 Å². The van der Waals surface area contributed by atoms with Gasteiger partial charge >= 0.3 is 12.1 Å². The second-order valence-electron chi connectivity index (χ2n) is 7.36. The summed E-state index contributed by atoms with van der Waals surface area (Å²) in [5, 5.41) is 8.93. The Hall–Kier alpha value is -3.13. The third-order valence-corrected chi connectivity index (χ3v) is 5.64. The normalized spacial score (nSPS) is 12.2. The molecule has 1 atom stereocenters. The lowest BCUT2D eigenvalue weighted by Gasteiger charge is -2.19. The number of alkyl halides is 3. The number of carboxylic acids is 1. The zero-order chi connectivity index (χ0) is 23.8. The Morgan fingerprint density at radius 3 is 2.45 bits per heavy atom. The van der Waals surface area contributed by atoms with E-state index in [4.69, 9.17) is 14.6 Å². The van der Waals surface area contributed by atoms with Gasteiger partial charge < -0.3 is 14.6 Å². The highest BCUT2D eigenvalue weighted by atomic mass is 32.2. The van der Waals surface area contributed by atoms with Crippen molar-refractivity contribution in [2.75, 3.05) is 5.75 Å². The van der Waals surface area contributed by atoms with Gasteiger partial charge in [0.15, 0.2) is 11.5 Å². The van der Waals surface area contributed by atoms with Crippen LogP contribution in [0, 0.1) is 0 Å². The van der Waals surface area contributed by atoms with Crippen molar-refractivity contribution in [3.05, 3.63) is 83.9 Å². The monoisotopic (exact) mass is 476 g/mol. The summed E-state index contributed by atoms with van der Waals surface area (Å²) in [6.07, 6.45) is -4.19. The largest absolute Gasteiger partial charge is 0.487 e. The van der Waals surface area contributed by atoms with Crippen LogP contribution in [0.25, 0.3) is 0 Å². The Morgan fingerprint density at radius 2 is 1.76 bits per heavy atom. The van der Waals surface area contributed by atoms with Gasteiger partial charge in [-0.25, -0.2) is 0 Å². The molecular weight excluding hydrogens is 453 g/mol. The minimum atomic E-state index is -4.50. The lowest BCUT2D eigenvalue weighted by Crippen LogP contribution is -2.14. The standard InChI is InChI=1S/C25H23F3O4S/c1-17(12-13-33-21-9-5-6-18(14-21)15-24(29)30)31-22-11-10-19(25(26,27)28)16-23(22)32-20-7-3-2-4-8-20/h2-11,14,16-17H,12-13,15H2,1H3,(H,29,30)/t17-/m0/s1. The van der Waals surface area contributed by atoms with E-state index in [0.29, 0.717) is 17.9 Å². The van der Waals surface area contributed by atoms with Crippen molar-refractivity contribution in [1.82, 2.24) is 0 Å². The predicted molar refractivity (Wildman–Crippen MR) is 121 cm³/mol. The second-order valence-corrected chi connectivity index (χ2v) is 8.53. The number of para-hydroxylation sites is 1. The van der Waals surface area contributed by atoms with Gasteiger partial charge in [-0.05, 0) is 61.4 Å². The van der Waals surface area contributed by atoms with Crippen molar-refractivity contribution in [3.63, 3.8) is 0 Å². The van der Waals surface area contributed by atoms with Gasteiger partial charge in [0.1, 0.15) is 5.75 Å². The Morgan fingerprint density at radius 1 is 1.00 bits per heavy atom. The maximum absolute atomic E-state index is 13.2. The first-order chi connectivity index (χ1) is 15.7. The maximum atomic E-state index is 13.2. The SMILES string of the molecule is C[C@@H](CCSc1cccc(CC(=O)O)c1)Oc1ccc(C(F)(F)F)cc1Oc1ccccc1. The predicted octanol–water partition coefficient (Wildman–Crippen LogP) is 7.07. The topological polar surface area (TPSA) is 55.8 Å². The lowest BCUT2D eigenvalue weighted by atomic mass is 10.2. The molecule has 0 amide bonds. The number of hydrogen-bond donors (Lipinski definition) is 1. The molecule has 0 radical (unpaired) electrons. The molecular formula is C25H23F3O4S. The summed E-state index contributed by atoms with van der Waals surface area (Å²) in [5.41, 5.74) is -0.0884. The van der Waals surface area contributed by atoms with Crippen LogP contribution in [0.2, 0.25) is 0 Å². The highest BCUT2D eigenvalue weighted by molar-refractivity contribution is 7.99.